The Morgan fingerprint density at radius 1 is 0.808 bits per heavy atom. The lowest BCUT2D eigenvalue weighted by Gasteiger charge is -2.37. The molecule has 4 rings (SSSR count). The Morgan fingerprint density at radius 2 is 1.42 bits per heavy atom. The minimum atomic E-state index is -0.216. The SMILES string of the molecule is CN1CCN([C@H]2CC(c3ccc(F)cc3)c3ccc(F)cc32)CC1.Cl.Cl. The van der Waals surface area contributed by atoms with Crippen molar-refractivity contribution in [3.8, 4) is 0 Å². The summed E-state index contributed by atoms with van der Waals surface area (Å²) in [5.74, 6) is -0.176. The predicted molar refractivity (Wildman–Crippen MR) is 106 cm³/mol. The van der Waals surface area contributed by atoms with E-state index >= 15 is 0 Å². The maximum Gasteiger partial charge on any atom is 0.123 e. The highest BCUT2D eigenvalue weighted by atomic mass is 35.5. The summed E-state index contributed by atoms with van der Waals surface area (Å²) in [5.41, 5.74) is 3.40. The summed E-state index contributed by atoms with van der Waals surface area (Å²) in [4.78, 5) is 4.80. The number of piperazine rings is 1. The van der Waals surface area contributed by atoms with Gasteiger partial charge in [0, 0.05) is 38.1 Å². The van der Waals surface area contributed by atoms with Gasteiger partial charge in [0.15, 0.2) is 0 Å². The zero-order valence-corrected chi connectivity index (χ0v) is 16.3. The van der Waals surface area contributed by atoms with E-state index in [9.17, 15) is 8.78 Å². The topological polar surface area (TPSA) is 6.48 Å². The number of rotatable bonds is 2. The van der Waals surface area contributed by atoms with Crippen molar-refractivity contribution >= 4 is 24.8 Å². The molecule has 0 amide bonds. The largest absolute Gasteiger partial charge is 0.304 e. The summed E-state index contributed by atoms with van der Waals surface area (Å²) in [5, 5.41) is 0. The lowest BCUT2D eigenvalue weighted by molar-refractivity contribution is 0.110. The van der Waals surface area contributed by atoms with E-state index in [0.29, 0.717) is 0 Å². The van der Waals surface area contributed by atoms with Gasteiger partial charge in [0.1, 0.15) is 11.6 Å². The quantitative estimate of drug-likeness (QED) is 0.724. The molecule has 1 aliphatic carbocycles. The fourth-order valence-corrected chi connectivity index (χ4v) is 4.12. The smallest absolute Gasteiger partial charge is 0.123 e. The summed E-state index contributed by atoms with van der Waals surface area (Å²) >= 11 is 0. The minimum Gasteiger partial charge on any atom is -0.304 e. The molecule has 0 radical (unpaired) electrons. The van der Waals surface area contributed by atoms with Crippen molar-refractivity contribution in [2.45, 2.75) is 18.4 Å². The van der Waals surface area contributed by atoms with Gasteiger partial charge in [0.2, 0.25) is 0 Å². The normalized spacial score (nSPS) is 23.0. The van der Waals surface area contributed by atoms with Crippen molar-refractivity contribution in [3.63, 3.8) is 0 Å². The van der Waals surface area contributed by atoms with Crippen LogP contribution in [0, 0.1) is 11.6 Å². The third kappa shape index (κ3) is 4.04. The van der Waals surface area contributed by atoms with Crippen LogP contribution in [0.25, 0.3) is 0 Å². The lowest BCUT2D eigenvalue weighted by atomic mass is 9.93. The molecule has 2 nitrogen and oxygen atoms in total. The molecule has 1 aliphatic heterocycles. The van der Waals surface area contributed by atoms with Crippen LogP contribution < -0.4 is 0 Å². The molecule has 2 aromatic carbocycles. The number of nitrogens with zero attached hydrogens (tertiary/aromatic N) is 2. The van der Waals surface area contributed by atoms with Gasteiger partial charge in [-0.15, -0.1) is 24.8 Å². The standard InChI is InChI=1S/C20H22F2N2.2ClH/c1-23-8-10-24(11-9-23)20-13-18(14-2-4-15(21)5-3-14)17-7-6-16(22)12-19(17)20;;/h2-7,12,18,20H,8-11,13H2,1H3;2*1H/t18?,20-;;/m0../s1. The molecule has 0 N–H and O–H groups in total. The van der Waals surface area contributed by atoms with Gasteiger partial charge in [-0.2, -0.15) is 0 Å². The Kier molecular flexibility index (Phi) is 7.03. The third-order valence-electron chi connectivity index (χ3n) is 5.49. The second-order valence-electron chi connectivity index (χ2n) is 6.97. The van der Waals surface area contributed by atoms with E-state index in [0.717, 1.165) is 43.7 Å². The van der Waals surface area contributed by atoms with Gasteiger partial charge in [-0.25, -0.2) is 8.78 Å². The van der Waals surface area contributed by atoms with Crippen LogP contribution in [0.4, 0.5) is 8.78 Å². The summed E-state index contributed by atoms with van der Waals surface area (Å²) in [6.45, 7) is 4.10. The third-order valence-corrected chi connectivity index (χ3v) is 5.49. The van der Waals surface area contributed by atoms with Crippen molar-refractivity contribution in [1.29, 1.82) is 0 Å². The zero-order chi connectivity index (χ0) is 16.7. The number of likely N-dealkylation sites (N-methyl/N-ethyl adjacent to an activating group) is 1. The monoisotopic (exact) mass is 400 g/mol. The van der Waals surface area contributed by atoms with Crippen LogP contribution in [0.3, 0.4) is 0 Å². The first-order valence-electron chi connectivity index (χ1n) is 8.59. The van der Waals surface area contributed by atoms with Crippen LogP contribution in [0.5, 0.6) is 0 Å². The predicted octanol–water partition coefficient (Wildman–Crippen LogP) is 4.63. The molecule has 0 bridgehead atoms. The summed E-state index contributed by atoms with van der Waals surface area (Å²) < 4.78 is 27.1. The van der Waals surface area contributed by atoms with Crippen LogP contribution in [-0.2, 0) is 0 Å². The van der Waals surface area contributed by atoms with Crippen molar-refractivity contribution in [3.05, 3.63) is 70.8 Å². The van der Waals surface area contributed by atoms with Crippen molar-refractivity contribution in [2.75, 3.05) is 33.2 Å². The molecular weight excluding hydrogens is 377 g/mol. The number of fused-ring (bicyclic) bond motifs is 1. The molecular formula is C20H24Cl2F2N2. The molecule has 0 aromatic heterocycles. The van der Waals surface area contributed by atoms with Gasteiger partial charge in [0.05, 0.1) is 0 Å². The molecule has 26 heavy (non-hydrogen) atoms. The van der Waals surface area contributed by atoms with Crippen LogP contribution >= 0.6 is 24.8 Å². The Hall–Kier alpha value is -1.20. The summed E-state index contributed by atoms with van der Waals surface area (Å²) in [6.07, 6.45) is 0.939. The van der Waals surface area contributed by atoms with Gasteiger partial charge in [-0.3, -0.25) is 4.90 Å². The van der Waals surface area contributed by atoms with Crippen molar-refractivity contribution in [1.82, 2.24) is 9.80 Å². The maximum absolute atomic E-state index is 13.9. The number of halogens is 4. The summed E-state index contributed by atoms with van der Waals surface area (Å²) in [7, 11) is 2.14. The molecule has 1 saturated heterocycles. The van der Waals surface area contributed by atoms with E-state index in [-0.39, 0.29) is 48.4 Å². The Balaban J connectivity index is 0.00000121. The van der Waals surface area contributed by atoms with Gasteiger partial charge < -0.3 is 4.90 Å². The Labute approximate surface area is 166 Å². The van der Waals surface area contributed by atoms with E-state index in [4.69, 9.17) is 0 Å². The Morgan fingerprint density at radius 3 is 2.08 bits per heavy atom. The molecule has 2 aromatic rings. The molecule has 0 spiro atoms. The zero-order valence-electron chi connectivity index (χ0n) is 14.7. The maximum atomic E-state index is 13.9. The van der Waals surface area contributed by atoms with Crippen molar-refractivity contribution in [2.24, 2.45) is 0 Å². The molecule has 6 heteroatoms. The fraction of sp³-hybridized carbons (Fsp3) is 0.400. The van der Waals surface area contributed by atoms with Crippen LogP contribution in [0.1, 0.15) is 35.1 Å². The fourth-order valence-electron chi connectivity index (χ4n) is 4.12. The number of hydrogen-bond donors (Lipinski definition) is 0. The van der Waals surface area contributed by atoms with Gasteiger partial charge in [-0.1, -0.05) is 18.2 Å². The molecule has 1 fully saturated rings. The molecule has 142 valence electrons. The molecule has 1 unspecified atom stereocenters. The van der Waals surface area contributed by atoms with E-state index in [2.05, 4.69) is 16.8 Å². The number of hydrogen-bond acceptors (Lipinski definition) is 2. The second-order valence-corrected chi connectivity index (χ2v) is 6.97. The van der Waals surface area contributed by atoms with E-state index < -0.39 is 0 Å². The number of benzene rings is 2. The van der Waals surface area contributed by atoms with Gasteiger partial charge in [0.25, 0.3) is 0 Å². The van der Waals surface area contributed by atoms with E-state index in [1.807, 2.05) is 18.2 Å². The first-order chi connectivity index (χ1) is 11.6. The van der Waals surface area contributed by atoms with Crippen LogP contribution in [0.2, 0.25) is 0 Å². The van der Waals surface area contributed by atoms with Crippen molar-refractivity contribution < 1.29 is 8.78 Å². The van der Waals surface area contributed by atoms with Crippen LogP contribution in [-0.4, -0.2) is 43.0 Å². The molecule has 2 atom stereocenters. The lowest BCUT2D eigenvalue weighted by Crippen LogP contribution is -2.45. The average Bonchev–Trinajstić information content (AvgIpc) is 2.95. The highest BCUT2D eigenvalue weighted by molar-refractivity contribution is 5.85. The van der Waals surface area contributed by atoms with Gasteiger partial charge >= 0.3 is 0 Å². The minimum absolute atomic E-state index is 0. The second kappa shape index (κ2) is 8.66. The van der Waals surface area contributed by atoms with Gasteiger partial charge in [-0.05, 0) is 54.4 Å². The first kappa shape index (κ1) is 21.1. The summed E-state index contributed by atoms with van der Waals surface area (Å²) in [6, 6.07) is 12.2. The Bertz CT molecular complexity index is 731. The average molecular weight is 401 g/mol. The van der Waals surface area contributed by atoms with E-state index in [1.54, 1.807) is 12.1 Å². The molecule has 0 saturated carbocycles. The highest BCUT2D eigenvalue weighted by Crippen LogP contribution is 2.47. The molecule has 1 heterocycles. The highest BCUT2D eigenvalue weighted by Gasteiger charge is 2.36. The van der Waals surface area contributed by atoms with E-state index in [1.165, 1.54) is 17.7 Å². The molecule has 2 aliphatic rings. The van der Waals surface area contributed by atoms with Crippen LogP contribution in [0.15, 0.2) is 42.5 Å². The first-order valence-corrected chi connectivity index (χ1v) is 8.59.